The summed E-state index contributed by atoms with van der Waals surface area (Å²) in [6, 6.07) is 10.2. The van der Waals surface area contributed by atoms with Crippen molar-refractivity contribution in [3.05, 3.63) is 65.7 Å². The van der Waals surface area contributed by atoms with Crippen LogP contribution in [0.15, 0.2) is 48.8 Å². The van der Waals surface area contributed by atoms with E-state index in [2.05, 4.69) is 15.6 Å². The molecule has 20 heavy (non-hydrogen) atoms. The highest BCUT2D eigenvalue weighted by atomic mass is 19.1. The van der Waals surface area contributed by atoms with E-state index in [-0.39, 0.29) is 24.8 Å². The first-order valence-corrected chi connectivity index (χ1v) is 6.35. The van der Waals surface area contributed by atoms with Gasteiger partial charge in [0, 0.05) is 31.0 Å². The van der Waals surface area contributed by atoms with E-state index < -0.39 is 0 Å². The number of amides is 1. The molecule has 1 heterocycles. The summed E-state index contributed by atoms with van der Waals surface area (Å²) >= 11 is 0. The maximum atomic E-state index is 13.3. The molecule has 1 aromatic heterocycles. The molecule has 5 heteroatoms. The monoisotopic (exact) mass is 273 g/mol. The molecule has 0 aliphatic heterocycles. The first-order chi connectivity index (χ1) is 9.75. The molecule has 0 saturated heterocycles. The second kappa shape index (κ2) is 7.35. The minimum atomic E-state index is -0.309. The van der Waals surface area contributed by atoms with Gasteiger partial charge in [-0.2, -0.15) is 0 Å². The molecule has 0 spiro atoms. The lowest BCUT2D eigenvalue weighted by Gasteiger charge is -2.07. The predicted octanol–water partition coefficient (Wildman–Crippen LogP) is 1.63. The summed E-state index contributed by atoms with van der Waals surface area (Å²) in [5.74, 6) is -0.478. The lowest BCUT2D eigenvalue weighted by Crippen LogP contribution is -2.33. The lowest BCUT2D eigenvalue weighted by molar-refractivity contribution is -0.120. The van der Waals surface area contributed by atoms with Crippen LogP contribution in [0.5, 0.6) is 0 Å². The number of nitrogens with one attached hydrogen (secondary N) is 2. The van der Waals surface area contributed by atoms with Crippen molar-refractivity contribution in [1.29, 1.82) is 0 Å². The number of hydrogen-bond donors (Lipinski definition) is 2. The van der Waals surface area contributed by atoms with Crippen LogP contribution >= 0.6 is 0 Å². The molecule has 0 aliphatic rings. The van der Waals surface area contributed by atoms with Gasteiger partial charge in [-0.3, -0.25) is 9.78 Å². The van der Waals surface area contributed by atoms with Gasteiger partial charge < -0.3 is 10.6 Å². The van der Waals surface area contributed by atoms with Crippen LogP contribution in [0.4, 0.5) is 4.39 Å². The summed E-state index contributed by atoms with van der Waals surface area (Å²) in [6.45, 7) is 0.949. The third-order valence-corrected chi connectivity index (χ3v) is 2.77. The van der Waals surface area contributed by atoms with E-state index in [0.29, 0.717) is 12.1 Å². The van der Waals surface area contributed by atoms with Crippen LogP contribution in [0, 0.1) is 5.82 Å². The van der Waals surface area contributed by atoms with E-state index in [1.165, 1.54) is 6.07 Å². The average Bonchev–Trinajstić information content (AvgIpc) is 2.47. The van der Waals surface area contributed by atoms with E-state index in [1.807, 2.05) is 12.1 Å². The van der Waals surface area contributed by atoms with Crippen LogP contribution in [0.3, 0.4) is 0 Å². The number of rotatable bonds is 6. The van der Waals surface area contributed by atoms with Gasteiger partial charge in [-0.25, -0.2) is 4.39 Å². The standard InChI is InChI=1S/C15H16FN3O/c16-14-6-2-1-5-13(14)10-19-15(20)11-18-9-12-4-3-7-17-8-12/h1-8,18H,9-11H2,(H,19,20). The van der Waals surface area contributed by atoms with Crippen LogP contribution in [0.2, 0.25) is 0 Å². The number of hydrogen-bond acceptors (Lipinski definition) is 3. The Morgan fingerprint density at radius 1 is 1.15 bits per heavy atom. The lowest BCUT2D eigenvalue weighted by atomic mass is 10.2. The van der Waals surface area contributed by atoms with Gasteiger partial charge in [0.15, 0.2) is 0 Å². The number of aromatic nitrogens is 1. The molecule has 0 radical (unpaired) electrons. The van der Waals surface area contributed by atoms with E-state index in [9.17, 15) is 9.18 Å². The molecule has 0 bridgehead atoms. The molecule has 2 N–H and O–H groups in total. The summed E-state index contributed by atoms with van der Waals surface area (Å²) in [4.78, 5) is 15.6. The molecule has 1 amide bonds. The number of benzene rings is 1. The van der Waals surface area contributed by atoms with Gasteiger partial charge >= 0.3 is 0 Å². The van der Waals surface area contributed by atoms with E-state index in [4.69, 9.17) is 0 Å². The molecule has 0 fully saturated rings. The Morgan fingerprint density at radius 2 is 2.00 bits per heavy atom. The van der Waals surface area contributed by atoms with Crippen molar-refractivity contribution in [2.45, 2.75) is 13.1 Å². The van der Waals surface area contributed by atoms with Crippen molar-refractivity contribution in [1.82, 2.24) is 15.6 Å². The van der Waals surface area contributed by atoms with Gasteiger partial charge in [0.2, 0.25) is 5.91 Å². The van der Waals surface area contributed by atoms with Crippen molar-refractivity contribution in [3.8, 4) is 0 Å². The van der Waals surface area contributed by atoms with E-state index >= 15 is 0 Å². The molecule has 104 valence electrons. The third kappa shape index (κ3) is 4.44. The van der Waals surface area contributed by atoms with Gasteiger partial charge in [-0.1, -0.05) is 24.3 Å². The van der Waals surface area contributed by atoms with E-state index in [1.54, 1.807) is 30.6 Å². The largest absolute Gasteiger partial charge is 0.351 e. The molecular formula is C15H16FN3O. The predicted molar refractivity (Wildman–Crippen MR) is 74.2 cm³/mol. The molecule has 0 atom stereocenters. The number of nitrogens with zero attached hydrogens (tertiary/aromatic N) is 1. The van der Waals surface area contributed by atoms with Crippen molar-refractivity contribution in [2.24, 2.45) is 0 Å². The Hall–Kier alpha value is -2.27. The van der Waals surface area contributed by atoms with Crippen LogP contribution in [0.1, 0.15) is 11.1 Å². The van der Waals surface area contributed by atoms with Gasteiger partial charge in [0.25, 0.3) is 0 Å². The zero-order valence-corrected chi connectivity index (χ0v) is 11.0. The quantitative estimate of drug-likeness (QED) is 0.841. The smallest absolute Gasteiger partial charge is 0.234 e. The van der Waals surface area contributed by atoms with Crippen molar-refractivity contribution in [3.63, 3.8) is 0 Å². The van der Waals surface area contributed by atoms with Crippen LogP contribution < -0.4 is 10.6 Å². The van der Waals surface area contributed by atoms with Crippen LogP contribution in [-0.2, 0) is 17.9 Å². The second-order valence-corrected chi connectivity index (χ2v) is 4.33. The van der Waals surface area contributed by atoms with Gasteiger partial charge in [-0.05, 0) is 17.7 Å². The maximum absolute atomic E-state index is 13.3. The highest BCUT2D eigenvalue weighted by Gasteiger charge is 2.04. The molecular weight excluding hydrogens is 257 g/mol. The summed E-state index contributed by atoms with van der Waals surface area (Å²) in [6.07, 6.45) is 3.44. The van der Waals surface area contributed by atoms with Crippen molar-refractivity contribution >= 4 is 5.91 Å². The normalized spacial score (nSPS) is 10.2. The fourth-order valence-corrected chi connectivity index (χ4v) is 1.72. The molecule has 4 nitrogen and oxygen atoms in total. The average molecular weight is 273 g/mol. The Kier molecular flexibility index (Phi) is 5.20. The molecule has 0 unspecified atom stereocenters. The molecule has 0 aliphatic carbocycles. The van der Waals surface area contributed by atoms with Gasteiger partial charge in [0.05, 0.1) is 6.54 Å². The number of pyridine rings is 1. The van der Waals surface area contributed by atoms with Gasteiger partial charge in [0.1, 0.15) is 5.82 Å². The van der Waals surface area contributed by atoms with Gasteiger partial charge in [-0.15, -0.1) is 0 Å². The zero-order chi connectivity index (χ0) is 14.2. The number of carbonyl (C=O) groups is 1. The third-order valence-electron chi connectivity index (χ3n) is 2.77. The molecule has 1 aromatic carbocycles. The van der Waals surface area contributed by atoms with Crippen LogP contribution in [-0.4, -0.2) is 17.4 Å². The Balaban J connectivity index is 1.70. The summed E-state index contributed by atoms with van der Waals surface area (Å²) in [5.41, 5.74) is 1.49. The van der Waals surface area contributed by atoms with Crippen molar-refractivity contribution < 1.29 is 9.18 Å². The SMILES string of the molecule is O=C(CNCc1cccnc1)NCc1ccccc1F. The second-order valence-electron chi connectivity index (χ2n) is 4.33. The minimum Gasteiger partial charge on any atom is -0.351 e. The zero-order valence-electron chi connectivity index (χ0n) is 11.0. The van der Waals surface area contributed by atoms with Crippen LogP contribution in [0.25, 0.3) is 0 Å². The minimum absolute atomic E-state index is 0.169. The Labute approximate surface area is 117 Å². The first kappa shape index (κ1) is 14.1. The summed E-state index contributed by atoms with van der Waals surface area (Å²) < 4.78 is 13.3. The fourth-order valence-electron chi connectivity index (χ4n) is 1.72. The molecule has 2 aromatic rings. The topological polar surface area (TPSA) is 54.0 Å². The highest BCUT2D eigenvalue weighted by molar-refractivity contribution is 5.77. The number of carbonyl (C=O) groups excluding carboxylic acids is 1. The summed E-state index contributed by atoms with van der Waals surface area (Å²) in [7, 11) is 0. The Morgan fingerprint density at radius 3 is 2.75 bits per heavy atom. The molecule has 0 saturated carbocycles. The summed E-state index contributed by atoms with van der Waals surface area (Å²) in [5, 5.41) is 5.68. The van der Waals surface area contributed by atoms with E-state index in [0.717, 1.165) is 5.56 Å². The molecule has 2 rings (SSSR count). The highest BCUT2D eigenvalue weighted by Crippen LogP contribution is 2.05. The fraction of sp³-hybridized carbons (Fsp3) is 0.200. The Bertz CT molecular complexity index is 560. The van der Waals surface area contributed by atoms with Crippen molar-refractivity contribution in [2.75, 3.05) is 6.54 Å². The first-order valence-electron chi connectivity index (χ1n) is 6.35. The number of halogens is 1. The maximum Gasteiger partial charge on any atom is 0.234 e.